The molecule has 0 radical (unpaired) electrons. The lowest BCUT2D eigenvalue weighted by Gasteiger charge is -2.27. The van der Waals surface area contributed by atoms with Gasteiger partial charge in [-0.2, -0.15) is 0 Å². The summed E-state index contributed by atoms with van der Waals surface area (Å²) in [7, 11) is 1.37. The molecule has 1 unspecified atom stereocenters. The summed E-state index contributed by atoms with van der Waals surface area (Å²) in [6.07, 6.45) is 7.97. The van der Waals surface area contributed by atoms with Crippen molar-refractivity contribution >= 4 is 40.5 Å². The highest BCUT2D eigenvalue weighted by Gasteiger charge is 2.26. The van der Waals surface area contributed by atoms with Gasteiger partial charge in [0.1, 0.15) is 12.7 Å². The zero-order chi connectivity index (χ0) is 24.5. The summed E-state index contributed by atoms with van der Waals surface area (Å²) in [6.45, 7) is 2.67. The van der Waals surface area contributed by atoms with E-state index < -0.39 is 0 Å². The van der Waals surface area contributed by atoms with Crippen LogP contribution in [0.1, 0.15) is 33.6 Å². The quantitative estimate of drug-likeness (QED) is 0.336. The van der Waals surface area contributed by atoms with Gasteiger partial charge >= 0.3 is 5.97 Å². The highest BCUT2D eigenvalue weighted by molar-refractivity contribution is 6.34. The van der Waals surface area contributed by atoms with E-state index in [1.54, 1.807) is 29.4 Å². The van der Waals surface area contributed by atoms with Crippen molar-refractivity contribution in [3.8, 4) is 5.69 Å². The first kappa shape index (κ1) is 22.9. The standard InChI is InChI=1S/C26H24ClN5O3/c1-16-3-8-24-21(11-16)19(7-10-25(33)35-2)23-9-4-17(13-32(23)24)30-26(34)20-6-5-18(12-22(20)27)31-14-28-29-15-31/h3,5-8,10-12,14-15,17H,4,9,13H2,1-2H3,(H,30,34)/b10-7+. The molecule has 0 aliphatic carbocycles. The molecule has 5 rings (SSSR count). The Morgan fingerprint density at radius 2 is 1.97 bits per heavy atom. The summed E-state index contributed by atoms with van der Waals surface area (Å²) < 4.78 is 8.73. The number of nitrogens with zero attached hydrogens (tertiary/aromatic N) is 4. The molecule has 0 fully saturated rings. The van der Waals surface area contributed by atoms with E-state index in [1.807, 2.05) is 19.1 Å². The van der Waals surface area contributed by atoms with Crippen molar-refractivity contribution in [2.45, 2.75) is 32.4 Å². The molecule has 1 amide bonds. The molecule has 1 aliphatic rings. The number of carbonyl (C=O) groups is 2. The van der Waals surface area contributed by atoms with Crippen molar-refractivity contribution in [2.75, 3.05) is 7.11 Å². The Kier molecular flexibility index (Phi) is 6.13. The third kappa shape index (κ3) is 4.44. The number of carbonyl (C=O) groups excluding carboxylic acids is 2. The van der Waals surface area contributed by atoms with Crippen LogP contribution in [0.4, 0.5) is 0 Å². The Hall–Kier alpha value is -3.91. The van der Waals surface area contributed by atoms with Crippen LogP contribution in [0.5, 0.6) is 0 Å². The number of amides is 1. The molecular weight excluding hydrogens is 466 g/mol. The second-order valence-corrected chi connectivity index (χ2v) is 9.00. The van der Waals surface area contributed by atoms with Crippen LogP contribution < -0.4 is 5.32 Å². The van der Waals surface area contributed by atoms with Gasteiger partial charge in [-0.1, -0.05) is 23.2 Å². The predicted molar refractivity (Wildman–Crippen MR) is 134 cm³/mol. The third-order valence-electron chi connectivity index (χ3n) is 6.34. The van der Waals surface area contributed by atoms with Gasteiger partial charge in [0.25, 0.3) is 5.91 Å². The molecule has 1 aliphatic heterocycles. The number of aromatic nitrogens is 4. The first-order valence-electron chi connectivity index (χ1n) is 11.3. The molecular formula is C26H24ClN5O3. The summed E-state index contributed by atoms with van der Waals surface area (Å²) >= 11 is 6.44. The number of halogens is 1. The van der Waals surface area contributed by atoms with E-state index in [1.165, 1.54) is 13.2 Å². The van der Waals surface area contributed by atoms with Gasteiger partial charge < -0.3 is 14.6 Å². The smallest absolute Gasteiger partial charge is 0.330 e. The summed E-state index contributed by atoms with van der Waals surface area (Å²) in [6, 6.07) is 11.5. The molecule has 9 heteroatoms. The van der Waals surface area contributed by atoms with Gasteiger partial charge in [0.15, 0.2) is 0 Å². The fourth-order valence-corrected chi connectivity index (χ4v) is 4.88. The second kappa shape index (κ2) is 9.38. The van der Waals surface area contributed by atoms with Gasteiger partial charge in [0, 0.05) is 46.5 Å². The Morgan fingerprint density at radius 3 is 2.71 bits per heavy atom. The normalized spacial score (nSPS) is 15.3. The van der Waals surface area contributed by atoms with Crippen molar-refractivity contribution in [2.24, 2.45) is 0 Å². The Labute approximate surface area is 207 Å². The molecule has 0 saturated carbocycles. The molecule has 35 heavy (non-hydrogen) atoms. The first-order chi connectivity index (χ1) is 16.9. The van der Waals surface area contributed by atoms with Gasteiger partial charge in [-0.25, -0.2) is 4.79 Å². The van der Waals surface area contributed by atoms with Crippen LogP contribution in [0.3, 0.4) is 0 Å². The van der Waals surface area contributed by atoms with E-state index >= 15 is 0 Å². The van der Waals surface area contributed by atoms with Gasteiger partial charge in [-0.05, 0) is 56.2 Å². The van der Waals surface area contributed by atoms with E-state index in [4.69, 9.17) is 16.3 Å². The Morgan fingerprint density at radius 1 is 1.17 bits per heavy atom. The lowest BCUT2D eigenvalue weighted by atomic mass is 10.0. The number of nitrogens with one attached hydrogen (secondary N) is 1. The predicted octanol–water partition coefficient (Wildman–Crippen LogP) is 4.11. The Bertz CT molecular complexity index is 1460. The lowest BCUT2D eigenvalue weighted by molar-refractivity contribution is -0.134. The van der Waals surface area contributed by atoms with Crippen LogP contribution in [0, 0.1) is 6.92 Å². The van der Waals surface area contributed by atoms with Gasteiger partial charge in [0.2, 0.25) is 0 Å². The Balaban J connectivity index is 1.40. The highest BCUT2D eigenvalue weighted by atomic mass is 35.5. The van der Waals surface area contributed by atoms with E-state index in [9.17, 15) is 9.59 Å². The number of rotatable bonds is 5. The maximum atomic E-state index is 13.1. The summed E-state index contributed by atoms with van der Waals surface area (Å²) in [5.41, 5.74) is 5.58. The average molecular weight is 490 g/mol. The topological polar surface area (TPSA) is 91.0 Å². The minimum Gasteiger partial charge on any atom is -0.466 e. The molecule has 0 spiro atoms. The fourth-order valence-electron chi connectivity index (χ4n) is 4.62. The summed E-state index contributed by atoms with van der Waals surface area (Å²) in [4.78, 5) is 24.8. The van der Waals surface area contributed by atoms with E-state index in [0.717, 1.165) is 46.3 Å². The van der Waals surface area contributed by atoms with Crippen LogP contribution >= 0.6 is 11.6 Å². The van der Waals surface area contributed by atoms with Crippen molar-refractivity contribution in [1.82, 2.24) is 24.6 Å². The molecule has 1 atom stereocenters. The minimum atomic E-state index is -0.390. The summed E-state index contributed by atoms with van der Waals surface area (Å²) in [5, 5.41) is 12.2. The van der Waals surface area contributed by atoms with Gasteiger partial charge in [-0.15, -0.1) is 10.2 Å². The maximum absolute atomic E-state index is 13.1. The lowest BCUT2D eigenvalue weighted by Crippen LogP contribution is -2.41. The SMILES string of the molecule is COC(=O)/C=C/c1c2n(c3ccc(C)cc13)CC(NC(=O)c1ccc(-n3cnnc3)cc1Cl)CC2. The maximum Gasteiger partial charge on any atom is 0.330 e. The number of methoxy groups -OCH3 is 1. The summed E-state index contributed by atoms with van der Waals surface area (Å²) in [5.74, 6) is -0.601. The molecule has 4 aromatic rings. The zero-order valence-corrected chi connectivity index (χ0v) is 20.1. The van der Waals surface area contributed by atoms with Crippen molar-refractivity contribution in [3.63, 3.8) is 0 Å². The molecule has 1 N–H and O–H groups in total. The monoisotopic (exact) mass is 489 g/mol. The van der Waals surface area contributed by atoms with Crippen LogP contribution in [-0.4, -0.2) is 44.4 Å². The number of ether oxygens (including phenoxy) is 1. The van der Waals surface area contributed by atoms with Crippen LogP contribution in [0.2, 0.25) is 5.02 Å². The van der Waals surface area contributed by atoms with Crippen LogP contribution in [-0.2, 0) is 22.5 Å². The molecule has 0 saturated heterocycles. The third-order valence-corrected chi connectivity index (χ3v) is 6.65. The molecule has 3 heterocycles. The first-order valence-corrected chi connectivity index (χ1v) is 11.7. The number of esters is 1. The van der Waals surface area contributed by atoms with Crippen LogP contribution in [0.15, 0.2) is 55.1 Å². The largest absolute Gasteiger partial charge is 0.466 e. The minimum absolute atomic E-state index is 0.0575. The average Bonchev–Trinajstić information content (AvgIpc) is 3.49. The van der Waals surface area contributed by atoms with Crippen molar-refractivity contribution < 1.29 is 14.3 Å². The molecule has 178 valence electrons. The number of hydrogen-bond acceptors (Lipinski definition) is 5. The number of fused-ring (bicyclic) bond motifs is 3. The van der Waals surface area contributed by atoms with Crippen molar-refractivity contribution in [1.29, 1.82) is 0 Å². The zero-order valence-electron chi connectivity index (χ0n) is 19.4. The van der Waals surface area contributed by atoms with Crippen molar-refractivity contribution in [3.05, 3.63) is 82.5 Å². The number of aryl methyl sites for hydroxylation is 1. The van der Waals surface area contributed by atoms with E-state index in [-0.39, 0.29) is 17.9 Å². The molecule has 2 aromatic heterocycles. The number of benzene rings is 2. The van der Waals surface area contributed by atoms with E-state index in [2.05, 4.69) is 38.3 Å². The molecule has 0 bridgehead atoms. The highest BCUT2D eigenvalue weighted by Crippen LogP contribution is 2.33. The molecule has 2 aromatic carbocycles. The van der Waals surface area contributed by atoms with Gasteiger partial charge in [0.05, 0.1) is 17.7 Å². The van der Waals surface area contributed by atoms with Crippen LogP contribution in [0.25, 0.3) is 22.7 Å². The van der Waals surface area contributed by atoms with E-state index in [0.29, 0.717) is 17.1 Å². The molecule has 8 nitrogen and oxygen atoms in total. The second-order valence-electron chi connectivity index (χ2n) is 8.59. The van der Waals surface area contributed by atoms with Gasteiger partial charge in [-0.3, -0.25) is 9.36 Å². The fraction of sp³-hybridized carbons (Fsp3) is 0.231. The number of hydrogen-bond donors (Lipinski definition) is 1.